The van der Waals surface area contributed by atoms with Gasteiger partial charge in [-0.25, -0.2) is 4.89 Å². The van der Waals surface area contributed by atoms with Crippen LogP contribution in [-0.2, 0) is 28.3 Å². The van der Waals surface area contributed by atoms with Gasteiger partial charge in [-0.1, -0.05) is 6.08 Å². The van der Waals surface area contributed by atoms with Crippen LogP contribution in [0.25, 0.3) is 0 Å². The second kappa shape index (κ2) is 16.7. The minimum absolute atomic E-state index is 0. The highest BCUT2D eigenvalue weighted by atomic mass is 31.1. The standard InChI is InChI=1S/C9H20NO6P.H2O/c1-3-4-12-5-9(13-8-11-2)6-15-17-16-14-7-10;/h3-4,9,17H,5-8,10H2,1-2H3;1H2. The first-order valence-electron chi connectivity index (χ1n) is 5.03. The van der Waals surface area contributed by atoms with Gasteiger partial charge in [0.05, 0.1) is 12.9 Å². The molecule has 110 valence electrons. The highest BCUT2D eigenvalue weighted by Gasteiger charge is 2.10. The van der Waals surface area contributed by atoms with E-state index >= 15 is 0 Å². The summed E-state index contributed by atoms with van der Waals surface area (Å²) in [6.45, 7) is 2.71. The van der Waals surface area contributed by atoms with Crippen LogP contribution in [0.3, 0.4) is 0 Å². The van der Waals surface area contributed by atoms with Gasteiger partial charge in [0.1, 0.15) is 26.2 Å². The van der Waals surface area contributed by atoms with Crippen LogP contribution in [0.4, 0.5) is 0 Å². The first-order chi connectivity index (χ1) is 8.35. The number of ether oxygens (including phenoxy) is 3. The van der Waals surface area contributed by atoms with E-state index in [1.54, 1.807) is 19.4 Å². The van der Waals surface area contributed by atoms with Crippen LogP contribution in [0, 0.1) is 0 Å². The third-order valence-corrected chi connectivity index (χ3v) is 1.90. The Morgan fingerprint density at radius 2 is 2.11 bits per heavy atom. The van der Waals surface area contributed by atoms with Crippen LogP contribution in [-0.4, -0.2) is 45.4 Å². The molecule has 8 nitrogen and oxygen atoms in total. The lowest BCUT2D eigenvalue weighted by atomic mass is 10.4. The van der Waals surface area contributed by atoms with E-state index in [0.29, 0.717) is 13.2 Å². The van der Waals surface area contributed by atoms with Crippen molar-refractivity contribution in [3.8, 4) is 0 Å². The number of allylic oxidation sites excluding steroid dienone is 1. The minimum atomic E-state index is -0.254. The van der Waals surface area contributed by atoms with Crippen molar-refractivity contribution >= 4 is 9.03 Å². The van der Waals surface area contributed by atoms with Gasteiger partial charge in [0.2, 0.25) is 0 Å². The van der Waals surface area contributed by atoms with Crippen LogP contribution < -0.4 is 5.73 Å². The van der Waals surface area contributed by atoms with Crippen LogP contribution in [0.5, 0.6) is 0 Å². The maximum absolute atomic E-state index is 5.32. The summed E-state index contributed by atoms with van der Waals surface area (Å²) in [5, 5.41) is 0. The fraction of sp³-hybridized carbons (Fsp3) is 0.778. The predicted molar refractivity (Wildman–Crippen MR) is 66.6 cm³/mol. The fourth-order valence-corrected chi connectivity index (χ4v) is 1.20. The average Bonchev–Trinajstić information content (AvgIpc) is 2.35. The van der Waals surface area contributed by atoms with Gasteiger partial charge in [-0.05, 0) is 6.92 Å². The summed E-state index contributed by atoms with van der Waals surface area (Å²) < 4.78 is 25.1. The Kier molecular flexibility index (Phi) is 18.6. The summed E-state index contributed by atoms with van der Waals surface area (Å²) in [5.74, 6) is 0. The molecule has 0 saturated heterocycles. The van der Waals surface area contributed by atoms with Gasteiger partial charge in [0, 0.05) is 7.11 Å². The number of hydrogen-bond acceptors (Lipinski definition) is 7. The van der Waals surface area contributed by atoms with Crippen molar-refractivity contribution in [1.82, 2.24) is 0 Å². The normalized spacial score (nSPS) is 13.1. The lowest BCUT2D eigenvalue weighted by molar-refractivity contribution is -0.202. The van der Waals surface area contributed by atoms with Gasteiger partial charge < -0.3 is 29.9 Å². The maximum Gasteiger partial charge on any atom is 0.194 e. The molecule has 0 amide bonds. The number of hydrogen-bond donors (Lipinski definition) is 1. The Bertz CT molecular complexity index is 184. The largest absolute Gasteiger partial charge is 0.499 e. The topological polar surface area (TPSA) is 113 Å². The van der Waals surface area contributed by atoms with E-state index in [-0.39, 0.29) is 34.1 Å². The number of methoxy groups -OCH3 is 1. The minimum Gasteiger partial charge on any atom is -0.499 e. The summed E-state index contributed by atoms with van der Waals surface area (Å²) in [5.41, 5.74) is 5.05. The molecule has 2 atom stereocenters. The zero-order chi connectivity index (χ0) is 12.8. The molecule has 2 unspecified atom stereocenters. The monoisotopic (exact) mass is 287 g/mol. The van der Waals surface area contributed by atoms with Crippen LogP contribution in [0.2, 0.25) is 0 Å². The van der Waals surface area contributed by atoms with Crippen molar-refractivity contribution < 1.29 is 33.8 Å². The molecule has 9 heteroatoms. The quantitative estimate of drug-likeness (QED) is 0.135. The van der Waals surface area contributed by atoms with Gasteiger partial charge >= 0.3 is 0 Å². The van der Waals surface area contributed by atoms with E-state index in [9.17, 15) is 0 Å². The highest BCUT2D eigenvalue weighted by molar-refractivity contribution is 7.26. The van der Waals surface area contributed by atoms with E-state index in [4.69, 9.17) is 24.5 Å². The lowest BCUT2D eigenvalue weighted by Gasteiger charge is -2.16. The zero-order valence-electron chi connectivity index (χ0n) is 10.6. The van der Waals surface area contributed by atoms with E-state index in [0.717, 1.165) is 0 Å². The van der Waals surface area contributed by atoms with E-state index in [1.165, 1.54) is 0 Å². The summed E-state index contributed by atoms with van der Waals surface area (Å²) in [7, 11) is 1.29. The van der Waals surface area contributed by atoms with Crippen molar-refractivity contribution in [3.63, 3.8) is 0 Å². The molecule has 0 rings (SSSR count). The van der Waals surface area contributed by atoms with Crippen molar-refractivity contribution in [2.24, 2.45) is 5.73 Å². The molecule has 0 aromatic heterocycles. The molecule has 0 aliphatic heterocycles. The van der Waals surface area contributed by atoms with Gasteiger partial charge in [0.25, 0.3) is 0 Å². The third kappa shape index (κ3) is 13.8. The molecule has 0 aromatic carbocycles. The molecular formula is C9H22NO7P. The Morgan fingerprint density at radius 1 is 1.33 bits per heavy atom. The highest BCUT2D eigenvalue weighted by Crippen LogP contribution is 2.14. The third-order valence-electron chi connectivity index (χ3n) is 1.43. The van der Waals surface area contributed by atoms with Crippen molar-refractivity contribution in [2.45, 2.75) is 13.0 Å². The summed E-state index contributed by atoms with van der Waals surface area (Å²) in [6, 6.07) is 0. The van der Waals surface area contributed by atoms with Gasteiger partial charge in [-0.15, -0.1) is 0 Å². The fourth-order valence-electron chi connectivity index (χ4n) is 0.777. The number of nitrogens with two attached hydrogens (primary N) is 1. The summed E-state index contributed by atoms with van der Waals surface area (Å²) in [6.07, 6.45) is 3.13. The molecule has 0 fully saturated rings. The van der Waals surface area contributed by atoms with Gasteiger partial charge in [0.15, 0.2) is 9.03 Å². The van der Waals surface area contributed by atoms with Crippen LogP contribution >= 0.6 is 9.03 Å². The van der Waals surface area contributed by atoms with Gasteiger partial charge in [-0.3, -0.25) is 0 Å². The Labute approximate surface area is 108 Å². The second-order valence-corrected chi connectivity index (χ2v) is 3.38. The van der Waals surface area contributed by atoms with Crippen molar-refractivity contribution in [2.75, 3.05) is 33.8 Å². The van der Waals surface area contributed by atoms with Crippen LogP contribution in [0.15, 0.2) is 12.3 Å². The molecule has 0 spiro atoms. The first kappa shape index (κ1) is 20.0. The Morgan fingerprint density at radius 3 is 2.72 bits per heavy atom. The summed E-state index contributed by atoms with van der Waals surface area (Å²) >= 11 is 0. The lowest BCUT2D eigenvalue weighted by Crippen LogP contribution is -2.24. The van der Waals surface area contributed by atoms with Gasteiger partial charge in [-0.2, -0.15) is 4.67 Å². The van der Waals surface area contributed by atoms with E-state index in [2.05, 4.69) is 9.56 Å². The first-order valence-corrected chi connectivity index (χ1v) is 5.85. The molecule has 0 aromatic rings. The SMILES string of the molecule is CC=COCC(COPOOCN)OCOC.O. The van der Waals surface area contributed by atoms with Crippen molar-refractivity contribution in [3.05, 3.63) is 12.3 Å². The molecular weight excluding hydrogens is 265 g/mol. The molecule has 0 radical (unpaired) electrons. The molecule has 0 heterocycles. The molecule has 18 heavy (non-hydrogen) atoms. The maximum atomic E-state index is 5.32. The molecule has 0 aliphatic carbocycles. The Hall–Kier alpha value is -0.310. The van der Waals surface area contributed by atoms with E-state index < -0.39 is 0 Å². The molecule has 0 saturated carbocycles. The average molecular weight is 287 g/mol. The Balaban J connectivity index is 0. The molecule has 0 aliphatic rings. The number of rotatable bonds is 12. The summed E-state index contributed by atoms with van der Waals surface area (Å²) in [4.78, 5) is 4.45. The van der Waals surface area contributed by atoms with Crippen molar-refractivity contribution in [1.29, 1.82) is 0 Å². The smallest absolute Gasteiger partial charge is 0.194 e. The zero-order valence-corrected chi connectivity index (χ0v) is 11.6. The molecule has 0 bridgehead atoms. The molecule has 4 N–H and O–H groups in total. The predicted octanol–water partition coefficient (Wildman–Crippen LogP) is 0.0905. The second-order valence-electron chi connectivity index (χ2n) is 2.76. The van der Waals surface area contributed by atoms with E-state index in [1.807, 2.05) is 6.92 Å². The van der Waals surface area contributed by atoms with Crippen LogP contribution in [0.1, 0.15) is 6.92 Å².